The highest BCUT2D eigenvalue weighted by molar-refractivity contribution is 6.74. The highest BCUT2D eigenvalue weighted by Gasteiger charge is 2.52. The molecule has 1 fully saturated rings. The van der Waals surface area contributed by atoms with E-state index >= 15 is 0 Å². The largest absolute Gasteiger partial charge is 0.497 e. The van der Waals surface area contributed by atoms with Crippen LogP contribution in [0, 0.1) is 10.1 Å². The van der Waals surface area contributed by atoms with Crippen LogP contribution in [0.3, 0.4) is 0 Å². The van der Waals surface area contributed by atoms with Crippen LogP contribution >= 0.6 is 0 Å². The van der Waals surface area contributed by atoms with Crippen LogP contribution in [0.25, 0.3) is 11.0 Å². The van der Waals surface area contributed by atoms with E-state index in [1.54, 1.807) is 26.4 Å². The number of aliphatic hydroxyl groups excluding tert-OH is 1. The molecular formula is C38H44N4O8Si. The summed E-state index contributed by atoms with van der Waals surface area (Å²) < 4.78 is 33.1. The molecule has 5 aromatic rings. The molecule has 12 nitrogen and oxygen atoms in total. The first-order valence-corrected chi connectivity index (χ1v) is 19.7. The van der Waals surface area contributed by atoms with Gasteiger partial charge in [0.2, 0.25) is 0 Å². The smallest absolute Gasteiger partial charge is 0.299 e. The lowest BCUT2D eigenvalue weighted by molar-refractivity contribution is -0.383. The molecule has 1 aliphatic heterocycles. The zero-order valence-corrected chi connectivity index (χ0v) is 30.8. The molecule has 4 atom stereocenters. The molecule has 0 saturated carbocycles. The zero-order valence-electron chi connectivity index (χ0n) is 29.8. The predicted molar refractivity (Wildman–Crippen MR) is 194 cm³/mol. The number of nitro benzene ring substituents is 1. The number of nitro groups is 1. The lowest BCUT2D eigenvalue weighted by Crippen LogP contribution is -2.50. The Balaban J connectivity index is 1.46. The van der Waals surface area contributed by atoms with Gasteiger partial charge in [0.05, 0.1) is 31.3 Å². The van der Waals surface area contributed by atoms with E-state index in [1.807, 2.05) is 78.9 Å². The topological polar surface area (TPSA) is 140 Å². The van der Waals surface area contributed by atoms with Gasteiger partial charge in [0.1, 0.15) is 35.4 Å². The lowest BCUT2D eigenvalue weighted by Gasteiger charge is -2.41. The number of nitrogens with zero attached hydrogens (tertiary/aromatic N) is 4. The Morgan fingerprint density at radius 3 is 1.96 bits per heavy atom. The van der Waals surface area contributed by atoms with Gasteiger partial charge in [-0.05, 0) is 65.2 Å². The third-order valence-corrected chi connectivity index (χ3v) is 14.6. The first-order valence-electron chi connectivity index (χ1n) is 16.8. The first-order chi connectivity index (χ1) is 24.3. The van der Waals surface area contributed by atoms with Crippen molar-refractivity contribution in [2.75, 3.05) is 20.8 Å². The molecule has 13 heteroatoms. The van der Waals surface area contributed by atoms with Gasteiger partial charge in [-0.1, -0.05) is 86.6 Å². The Kier molecular flexibility index (Phi) is 10.0. The van der Waals surface area contributed by atoms with E-state index in [0.717, 1.165) is 16.7 Å². The number of ether oxygens (including phenoxy) is 4. The Morgan fingerprint density at radius 2 is 1.43 bits per heavy atom. The molecule has 1 N–H and O–H groups in total. The number of methoxy groups -OCH3 is 2. The van der Waals surface area contributed by atoms with Crippen LogP contribution in [-0.2, 0) is 19.5 Å². The Morgan fingerprint density at radius 1 is 0.863 bits per heavy atom. The van der Waals surface area contributed by atoms with Gasteiger partial charge in [-0.15, -0.1) is 5.10 Å². The van der Waals surface area contributed by atoms with Crippen molar-refractivity contribution in [2.24, 2.45) is 0 Å². The average Bonchev–Trinajstić information content (AvgIpc) is 3.69. The molecule has 1 saturated heterocycles. The molecule has 0 unspecified atom stereocenters. The fourth-order valence-corrected chi connectivity index (χ4v) is 7.61. The molecule has 0 radical (unpaired) electrons. The van der Waals surface area contributed by atoms with E-state index in [1.165, 1.54) is 10.7 Å². The minimum Gasteiger partial charge on any atom is -0.497 e. The van der Waals surface area contributed by atoms with E-state index in [-0.39, 0.29) is 22.8 Å². The first kappa shape index (κ1) is 36.1. The van der Waals surface area contributed by atoms with Gasteiger partial charge < -0.3 is 28.5 Å². The second-order valence-electron chi connectivity index (χ2n) is 14.1. The number of hydrogen-bond acceptors (Lipinski definition) is 10. The molecule has 6 rings (SSSR count). The highest BCUT2D eigenvalue weighted by Crippen LogP contribution is 2.45. The number of fused-ring (bicyclic) bond motifs is 1. The molecule has 268 valence electrons. The number of rotatable bonds is 12. The molecular weight excluding hydrogens is 669 g/mol. The van der Waals surface area contributed by atoms with E-state index in [2.05, 4.69) is 44.2 Å². The Hall–Kier alpha value is -4.66. The van der Waals surface area contributed by atoms with Gasteiger partial charge in [-0.3, -0.25) is 10.1 Å². The number of benzene rings is 4. The normalized spacial score (nSPS) is 19.7. The van der Waals surface area contributed by atoms with Gasteiger partial charge in [-0.2, -0.15) is 0 Å². The van der Waals surface area contributed by atoms with Crippen LogP contribution in [0.1, 0.15) is 43.7 Å². The molecule has 0 amide bonds. The van der Waals surface area contributed by atoms with Crippen LogP contribution < -0.4 is 9.47 Å². The quantitative estimate of drug-likeness (QED) is 0.0622. The van der Waals surface area contributed by atoms with Crippen LogP contribution in [-0.4, -0.2) is 72.5 Å². The maximum Gasteiger partial charge on any atom is 0.299 e. The van der Waals surface area contributed by atoms with Crippen molar-refractivity contribution >= 4 is 25.0 Å². The molecule has 2 heterocycles. The van der Waals surface area contributed by atoms with Crippen molar-refractivity contribution in [1.29, 1.82) is 0 Å². The van der Waals surface area contributed by atoms with Crippen molar-refractivity contribution in [1.82, 2.24) is 15.0 Å². The van der Waals surface area contributed by atoms with Crippen LogP contribution in [0.2, 0.25) is 18.1 Å². The van der Waals surface area contributed by atoms with Gasteiger partial charge >= 0.3 is 0 Å². The summed E-state index contributed by atoms with van der Waals surface area (Å²) in [6, 6.07) is 30.0. The minimum atomic E-state index is -2.49. The molecule has 1 aliphatic rings. The van der Waals surface area contributed by atoms with Crippen molar-refractivity contribution < 1.29 is 33.4 Å². The summed E-state index contributed by atoms with van der Waals surface area (Å²) in [7, 11) is 0.754. The SMILES string of the molecule is COc1ccc(C(OC[C@H]2O[C@@H](n3nnc4c([N+](=O)[O-])cccc43)[C@H](O)[C@@H]2O[Si](C)(C)C(C)(C)C)(c2ccccc2)c2ccc(OC)cc2)cc1. The second-order valence-corrected chi connectivity index (χ2v) is 18.9. The van der Waals surface area contributed by atoms with Gasteiger partial charge in [0.15, 0.2) is 20.1 Å². The van der Waals surface area contributed by atoms with E-state index in [0.29, 0.717) is 17.0 Å². The van der Waals surface area contributed by atoms with Crippen molar-refractivity contribution in [2.45, 2.75) is 69.0 Å². The summed E-state index contributed by atoms with van der Waals surface area (Å²) in [5.41, 5.74) is 1.67. The van der Waals surface area contributed by atoms with Crippen molar-refractivity contribution in [3.63, 3.8) is 0 Å². The van der Waals surface area contributed by atoms with E-state index in [9.17, 15) is 15.2 Å². The third-order valence-electron chi connectivity index (χ3n) is 10.1. The van der Waals surface area contributed by atoms with E-state index < -0.39 is 43.4 Å². The third kappa shape index (κ3) is 6.75. The molecule has 4 aromatic carbocycles. The van der Waals surface area contributed by atoms with Crippen LogP contribution in [0.4, 0.5) is 5.69 Å². The van der Waals surface area contributed by atoms with E-state index in [4.69, 9.17) is 23.4 Å². The lowest BCUT2D eigenvalue weighted by atomic mass is 9.80. The summed E-state index contributed by atoms with van der Waals surface area (Å²) in [6.45, 7) is 10.6. The Labute approximate surface area is 298 Å². The zero-order chi connectivity index (χ0) is 36.6. The molecule has 0 aliphatic carbocycles. The number of hydrogen-bond donors (Lipinski definition) is 1. The summed E-state index contributed by atoms with van der Waals surface area (Å²) in [5.74, 6) is 1.40. The standard InChI is InChI=1S/C38H44N4O8Si/c1-37(2,3)51(6,7)50-35-32(49-36(34(35)43)41-30-14-11-15-31(42(44)45)33(30)39-40-41)24-48-38(25-12-9-8-10-13-25,26-16-20-28(46-4)21-17-26)27-18-22-29(47-5)23-19-27/h8-23,32,34-36,43H,24H2,1-7H3/t32-,34-,35-,36-/m1/s1. The monoisotopic (exact) mass is 712 g/mol. The maximum atomic E-state index is 12.0. The van der Waals surface area contributed by atoms with Gasteiger partial charge in [0.25, 0.3) is 5.69 Å². The minimum absolute atomic E-state index is 0.00736. The fraction of sp³-hybridized carbons (Fsp3) is 0.368. The van der Waals surface area contributed by atoms with Crippen molar-refractivity contribution in [3.05, 3.63) is 124 Å². The maximum absolute atomic E-state index is 12.0. The predicted octanol–water partition coefficient (Wildman–Crippen LogP) is 7.01. The van der Waals surface area contributed by atoms with Crippen LogP contribution in [0.5, 0.6) is 11.5 Å². The average molecular weight is 713 g/mol. The highest BCUT2D eigenvalue weighted by atomic mass is 28.4. The number of aliphatic hydroxyl groups is 1. The Bertz CT molecular complexity index is 1920. The van der Waals surface area contributed by atoms with Crippen molar-refractivity contribution in [3.8, 4) is 11.5 Å². The summed E-state index contributed by atoms with van der Waals surface area (Å²) in [5, 5.41) is 32.0. The molecule has 51 heavy (non-hydrogen) atoms. The summed E-state index contributed by atoms with van der Waals surface area (Å²) in [4.78, 5) is 11.3. The fourth-order valence-electron chi connectivity index (χ4n) is 6.28. The summed E-state index contributed by atoms with van der Waals surface area (Å²) >= 11 is 0. The second kappa shape index (κ2) is 14.2. The molecule has 0 spiro atoms. The van der Waals surface area contributed by atoms with Gasteiger partial charge in [-0.25, -0.2) is 4.68 Å². The van der Waals surface area contributed by atoms with Crippen LogP contribution in [0.15, 0.2) is 97.1 Å². The number of non-ortho nitro benzene ring substituents is 1. The molecule has 1 aromatic heterocycles. The molecule has 0 bridgehead atoms. The summed E-state index contributed by atoms with van der Waals surface area (Å²) in [6.07, 6.45) is -3.87. The number of aromatic nitrogens is 3. The van der Waals surface area contributed by atoms with Gasteiger partial charge in [0, 0.05) is 6.07 Å².